The molecule has 0 unspecified atom stereocenters. The summed E-state index contributed by atoms with van der Waals surface area (Å²) in [7, 11) is -3.68. The zero-order valence-corrected chi connectivity index (χ0v) is 9.10. The van der Waals surface area contributed by atoms with Crippen LogP contribution in [-0.4, -0.2) is 8.42 Å². The standard InChI is InChI=1S/C9H9ClO3S/c1-3-14(11,12)13-8-4-5-9(10)7(2)6-8/h3-6H,1H2,2H3. The van der Waals surface area contributed by atoms with E-state index in [4.69, 9.17) is 11.6 Å². The predicted octanol–water partition coefficient (Wildman–Crippen LogP) is 2.50. The number of halogens is 1. The molecule has 1 aromatic carbocycles. The molecule has 0 atom stereocenters. The number of aryl methyl sites for hydroxylation is 1. The van der Waals surface area contributed by atoms with Crippen molar-refractivity contribution in [2.24, 2.45) is 0 Å². The van der Waals surface area contributed by atoms with Crippen LogP contribution in [0.1, 0.15) is 5.56 Å². The van der Waals surface area contributed by atoms with E-state index in [1.165, 1.54) is 6.07 Å². The van der Waals surface area contributed by atoms with E-state index in [1.807, 2.05) is 0 Å². The van der Waals surface area contributed by atoms with Gasteiger partial charge < -0.3 is 4.18 Å². The molecule has 0 heterocycles. The smallest absolute Gasteiger partial charge is 0.331 e. The molecule has 0 fully saturated rings. The first-order valence-corrected chi connectivity index (χ1v) is 5.62. The normalized spacial score (nSPS) is 11.0. The Balaban J connectivity index is 3.00. The summed E-state index contributed by atoms with van der Waals surface area (Å²) in [5.41, 5.74) is 0.753. The maximum Gasteiger partial charge on any atom is 0.331 e. The molecule has 0 aromatic heterocycles. The summed E-state index contributed by atoms with van der Waals surface area (Å²) in [5.74, 6) is 0.229. The molecule has 0 N–H and O–H groups in total. The van der Waals surface area contributed by atoms with Gasteiger partial charge in [0.1, 0.15) is 5.75 Å². The molecule has 14 heavy (non-hydrogen) atoms. The molecule has 0 saturated carbocycles. The van der Waals surface area contributed by atoms with Gasteiger partial charge in [0, 0.05) is 5.02 Å². The molecule has 1 rings (SSSR count). The highest BCUT2D eigenvalue weighted by atomic mass is 35.5. The molecule has 0 aliphatic carbocycles. The van der Waals surface area contributed by atoms with Crippen molar-refractivity contribution >= 4 is 21.7 Å². The van der Waals surface area contributed by atoms with Crippen molar-refractivity contribution in [2.75, 3.05) is 0 Å². The lowest BCUT2D eigenvalue weighted by molar-refractivity contribution is 0.496. The van der Waals surface area contributed by atoms with E-state index < -0.39 is 10.1 Å². The Morgan fingerprint density at radius 1 is 1.50 bits per heavy atom. The van der Waals surface area contributed by atoms with Crippen LogP contribution < -0.4 is 4.18 Å². The third-order valence-corrected chi connectivity index (χ3v) is 2.80. The molecule has 0 radical (unpaired) electrons. The number of rotatable bonds is 3. The quantitative estimate of drug-likeness (QED) is 0.752. The first-order valence-electron chi connectivity index (χ1n) is 3.78. The van der Waals surface area contributed by atoms with E-state index in [0.717, 1.165) is 11.0 Å². The third kappa shape index (κ3) is 2.75. The van der Waals surface area contributed by atoms with E-state index in [1.54, 1.807) is 19.1 Å². The molecule has 76 valence electrons. The highest BCUT2D eigenvalue weighted by Crippen LogP contribution is 2.22. The fraction of sp³-hybridized carbons (Fsp3) is 0.111. The first-order chi connectivity index (χ1) is 6.44. The van der Waals surface area contributed by atoms with E-state index in [2.05, 4.69) is 10.8 Å². The van der Waals surface area contributed by atoms with E-state index >= 15 is 0 Å². The van der Waals surface area contributed by atoms with Crippen LogP contribution in [0.5, 0.6) is 5.75 Å². The number of hydrogen-bond donors (Lipinski definition) is 0. The summed E-state index contributed by atoms with van der Waals surface area (Å²) in [6.45, 7) is 4.89. The minimum absolute atomic E-state index is 0.229. The van der Waals surface area contributed by atoms with Gasteiger partial charge in [0.05, 0.1) is 5.41 Å². The van der Waals surface area contributed by atoms with Crippen LogP contribution in [0.2, 0.25) is 5.02 Å². The minimum Gasteiger partial charge on any atom is -0.379 e. The van der Waals surface area contributed by atoms with Gasteiger partial charge >= 0.3 is 10.1 Å². The van der Waals surface area contributed by atoms with Crippen LogP contribution in [-0.2, 0) is 10.1 Å². The Labute approximate surface area is 88.1 Å². The van der Waals surface area contributed by atoms with E-state index in [9.17, 15) is 8.42 Å². The fourth-order valence-corrected chi connectivity index (χ4v) is 1.39. The lowest BCUT2D eigenvalue weighted by atomic mass is 10.2. The van der Waals surface area contributed by atoms with Gasteiger partial charge in [-0.15, -0.1) is 0 Å². The van der Waals surface area contributed by atoms with Gasteiger partial charge in [0.25, 0.3) is 0 Å². The van der Waals surface area contributed by atoms with Gasteiger partial charge in [-0.05, 0) is 30.7 Å². The van der Waals surface area contributed by atoms with Crippen LogP contribution >= 0.6 is 11.6 Å². The molecule has 5 heteroatoms. The second-order valence-corrected chi connectivity index (χ2v) is 4.55. The molecule has 0 spiro atoms. The zero-order chi connectivity index (χ0) is 10.8. The van der Waals surface area contributed by atoms with Crippen LogP contribution in [0.4, 0.5) is 0 Å². The Kier molecular flexibility index (Phi) is 3.18. The molecule has 0 bridgehead atoms. The van der Waals surface area contributed by atoms with Crippen molar-refractivity contribution in [3.8, 4) is 5.75 Å². The predicted molar refractivity (Wildman–Crippen MR) is 55.9 cm³/mol. The van der Waals surface area contributed by atoms with Gasteiger partial charge in [-0.1, -0.05) is 18.2 Å². The van der Waals surface area contributed by atoms with Crippen molar-refractivity contribution in [1.29, 1.82) is 0 Å². The zero-order valence-electron chi connectivity index (χ0n) is 7.53. The Bertz CT molecular complexity index is 451. The molecule has 0 aliphatic rings. The number of benzene rings is 1. The van der Waals surface area contributed by atoms with Crippen LogP contribution in [0.25, 0.3) is 0 Å². The molecule has 0 aliphatic heterocycles. The first kappa shape index (κ1) is 11.1. The van der Waals surface area contributed by atoms with E-state index in [0.29, 0.717) is 5.02 Å². The second-order valence-electron chi connectivity index (χ2n) is 2.65. The summed E-state index contributed by atoms with van der Waals surface area (Å²) >= 11 is 5.76. The third-order valence-electron chi connectivity index (χ3n) is 1.55. The summed E-state index contributed by atoms with van der Waals surface area (Å²) < 4.78 is 26.7. The average Bonchev–Trinajstić information content (AvgIpc) is 2.11. The Morgan fingerprint density at radius 2 is 2.14 bits per heavy atom. The number of hydrogen-bond acceptors (Lipinski definition) is 3. The lowest BCUT2D eigenvalue weighted by Gasteiger charge is -2.04. The highest BCUT2D eigenvalue weighted by Gasteiger charge is 2.07. The summed E-state index contributed by atoms with van der Waals surface area (Å²) in [4.78, 5) is 0. The van der Waals surface area contributed by atoms with Crippen LogP contribution in [0.15, 0.2) is 30.2 Å². The van der Waals surface area contributed by atoms with Gasteiger partial charge in [0.15, 0.2) is 0 Å². The summed E-state index contributed by atoms with van der Waals surface area (Å²) in [6.07, 6.45) is 0. The van der Waals surface area contributed by atoms with Gasteiger partial charge in [0.2, 0.25) is 0 Å². The SMILES string of the molecule is C=CS(=O)(=O)Oc1ccc(Cl)c(C)c1. The second kappa shape index (κ2) is 4.02. The highest BCUT2D eigenvalue weighted by molar-refractivity contribution is 7.90. The topological polar surface area (TPSA) is 43.4 Å². The molecule has 1 aromatic rings. The Morgan fingerprint density at radius 3 is 2.64 bits per heavy atom. The molecule has 0 amide bonds. The molecule has 3 nitrogen and oxygen atoms in total. The molecule has 0 saturated heterocycles. The van der Waals surface area contributed by atoms with Gasteiger partial charge in [-0.2, -0.15) is 8.42 Å². The maximum absolute atomic E-state index is 11.0. The molecular weight excluding hydrogens is 224 g/mol. The fourth-order valence-electron chi connectivity index (χ4n) is 0.837. The monoisotopic (exact) mass is 232 g/mol. The van der Waals surface area contributed by atoms with Crippen molar-refractivity contribution < 1.29 is 12.6 Å². The van der Waals surface area contributed by atoms with Crippen molar-refractivity contribution in [3.05, 3.63) is 40.8 Å². The average molecular weight is 233 g/mol. The lowest BCUT2D eigenvalue weighted by Crippen LogP contribution is -2.04. The largest absolute Gasteiger partial charge is 0.379 e. The van der Waals surface area contributed by atoms with Crippen LogP contribution in [0, 0.1) is 6.92 Å². The van der Waals surface area contributed by atoms with Crippen molar-refractivity contribution in [1.82, 2.24) is 0 Å². The Hall–Kier alpha value is -1.00. The van der Waals surface area contributed by atoms with Crippen molar-refractivity contribution in [2.45, 2.75) is 6.92 Å². The van der Waals surface area contributed by atoms with Gasteiger partial charge in [-0.25, -0.2) is 0 Å². The maximum atomic E-state index is 11.0. The van der Waals surface area contributed by atoms with Crippen molar-refractivity contribution in [3.63, 3.8) is 0 Å². The summed E-state index contributed by atoms with van der Waals surface area (Å²) in [6, 6.07) is 4.60. The minimum atomic E-state index is -3.68. The summed E-state index contributed by atoms with van der Waals surface area (Å²) in [5, 5.41) is 1.31. The molecular formula is C9H9ClO3S. The van der Waals surface area contributed by atoms with E-state index in [-0.39, 0.29) is 5.75 Å². The van der Waals surface area contributed by atoms with Gasteiger partial charge in [-0.3, -0.25) is 0 Å². The van der Waals surface area contributed by atoms with Crippen LogP contribution in [0.3, 0.4) is 0 Å².